The van der Waals surface area contributed by atoms with Gasteiger partial charge >= 0.3 is 0 Å². The topological polar surface area (TPSA) is 35.8 Å². The van der Waals surface area contributed by atoms with E-state index < -0.39 is 0 Å². The van der Waals surface area contributed by atoms with E-state index in [1.807, 2.05) is 6.07 Å². The Kier molecular flexibility index (Phi) is 6.50. The smallest absolute Gasteiger partial charge is 0.0992 e. The maximum absolute atomic E-state index is 8.72. The van der Waals surface area contributed by atoms with Crippen LogP contribution in [0.1, 0.15) is 44.6 Å². The zero-order valence-electron chi connectivity index (χ0n) is 10.3. The Labute approximate surface area is 109 Å². The van der Waals surface area contributed by atoms with Gasteiger partial charge in [-0.2, -0.15) is 5.26 Å². The highest BCUT2D eigenvalue weighted by Crippen LogP contribution is 2.22. The van der Waals surface area contributed by atoms with Gasteiger partial charge in [0.15, 0.2) is 0 Å². The molecule has 0 aliphatic rings. The molecule has 1 rings (SSSR count). The van der Waals surface area contributed by atoms with E-state index in [1.165, 1.54) is 25.7 Å². The number of rotatable bonds is 7. The monoisotopic (exact) mass is 250 g/mol. The van der Waals surface area contributed by atoms with Gasteiger partial charge in [-0.3, -0.25) is 0 Å². The van der Waals surface area contributed by atoms with Gasteiger partial charge in [-0.15, -0.1) is 0 Å². The zero-order chi connectivity index (χ0) is 12.5. The minimum absolute atomic E-state index is 0.600. The molecule has 0 bridgehead atoms. The van der Waals surface area contributed by atoms with Crippen LogP contribution in [0.4, 0.5) is 5.69 Å². The zero-order valence-corrected chi connectivity index (χ0v) is 11.1. The lowest BCUT2D eigenvalue weighted by Gasteiger charge is -2.08. The van der Waals surface area contributed by atoms with E-state index in [0.717, 1.165) is 18.7 Å². The molecule has 0 atom stereocenters. The summed E-state index contributed by atoms with van der Waals surface area (Å²) in [5, 5.41) is 12.6. The van der Waals surface area contributed by atoms with Crippen LogP contribution in [0.3, 0.4) is 0 Å². The highest BCUT2D eigenvalue weighted by Gasteiger charge is 2.00. The Morgan fingerprint density at radius 1 is 1.24 bits per heavy atom. The standard InChI is InChI=1S/C14H19ClN2/c1-2-3-4-5-6-9-17-14-8-7-12(11-16)10-13(14)15/h7-8,10,17H,2-6,9H2,1H3. The van der Waals surface area contributed by atoms with Gasteiger partial charge in [-0.1, -0.05) is 44.2 Å². The second-order valence-electron chi connectivity index (χ2n) is 4.15. The lowest BCUT2D eigenvalue weighted by atomic mass is 10.1. The quantitative estimate of drug-likeness (QED) is 0.719. The van der Waals surface area contributed by atoms with Gasteiger partial charge in [0.05, 0.1) is 22.3 Å². The number of anilines is 1. The van der Waals surface area contributed by atoms with E-state index >= 15 is 0 Å². The van der Waals surface area contributed by atoms with Crippen LogP contribution >= 0.6 is 11.6 Å². The highest BCUT2D eigenvalue weighted by molar-refractivity contribution is 6.33. The molecule has 0 heterocycles. The predicted octanol–water partition coefficient (Wildman–Crippen LogP) is 4.59. The van der Waals surface area contributed by atoms with Crippen LogP contribution in [0, 0.1) is 11.3 Å². The first-order valence-corrected chi connectivity index (χ1v) is 6.59. The highest BCUT2D eigenvalue weighted by atomic mass is 35.5. The number of nitriles is 1. The average Bonchev–Trinajstić information content (AvgIpc) is 2.35. The number of nitrogens with zero attached hydrogens (tertiary/aromatic N) is 1. The Hall–Kier alpha value is -1.20. The van der Waals surface area contributed by atoms with Crippen LogP contribution in [0.5, 0.6) is 0 Å². The van der Waals surface area contributed by atoms with E-state index in [1.54, 1.807) is 12.1 Å². The molecule has 17 heavy (non-hydrogen) atoms. The predicted molar refractivity (Wildman–Crippen MR) is 73.4 cm³/mol. The number of hydrogen-bond acceptors (Lipinski definition) is 2. The number of unbranched alkanes of at least 4 members (excludes halogenated alkanes) is 4. The summed E-state index contributed by atoms with van der Waals surface area (Å²) >= 11 is 6.06. The lowest BCUT2D eigenvalue weighted by Crippen LogP contribution is -2.02. The van der Waals surface area contributed by atoms with Crippen LogP contribution in [-0.4, -0.2) is 6.54 Å². The third-order valence-corrected chi connectivity index (χ3v) is 3.01. The molecular weight excluding hydrogens is 232 g/mol. The summed E-state index contributed by atoms with van der Waals surface area (Å²) < 4.78 is 0. The summed E-state index contributed by atoms with van der Waals surface area (Å²) in [4.78, 5) is 0. The van der Waals surface area contributed by atoms with E-state index in [-0.39, 0.29) is 0 Å². The molecule has 0 fully saturated rings. The van der Waals surface area contributed by atoms with Crippen molar-refractivity contribution in [3.05, 3.63) is 28.8 Å². The minimum Gasteiger partial charge on any atom is -0.384 e. The van der Waals surface area contributed by atoms with E-state index in [4.69, 9.17) is 16.9 Å². The van der Waals surface area contributed by atoms with Gasteiger partial charge in [-0.25, -0.2) is 0 Å². The molecule has 0 saturated heterocycles. The molecule has 1 aromatic carbocycles. The first kappa shape index (κ1) is 13.9. The Balaban J connectivity index is 2.30. The molecular formula is C14H19ClN2. The summed E-state index contributed by atoms with van der Waals surface area (Å²) in [5.74, 6) is 0. The molecule has 0 aromatic heterocycles. The van der Waals surface area contributed by atoms with Crippen LogP contribution in [0.2, 0.25) is 5.02 Å². The van der Waals surface area contributed by atoms with Crippen LogP contribution in [0.25, 0.3) is 0 Å². The minimum atomic E-state index is 0.600. The summed E-state index contributed by atoms with van der Waals surface area (Å²) in [5.41, 5.74) is 1.52. The number of nitrogens with one attached hydrogen (secondary N) is 1. The normalized spacial score (nSPS) is 9.94. The summed E-state index contributed by atoms with van der Waals surface area (Å²) in [6.07, 6.45) is 6.32. The maximum Gasteiger partial charge on any atom is 0.0992 e. The fraction of sp³-hybridized carbons (Fsp3) is 0.500. The van der Waals surface area contributed by atoms with Crippen molar-refractivity contribution in [2.24, 2.45) is 0 Å². The molecule has 92 valence electrons. The Bertz CT molecular complexity index is 382. The molecule has 0 saturated carbocycles. The molecule has 0 unspecified atom stereocenters. The number of benzene rings is 1. The van der Waals surface area contributed by atoms with Crippen molar-refractivity contribution >= 4 is 17.3 Å². The van der Waals surface area contributed by atoms with Crippen molar-refractivity contribution in [2.45, 2.75) is 39.0 Å². The van der Waals surface area contributed by atoms with E-state index in [9.17, 15) is 0 Å². The van der Waals surface area contributed by atoms with E-state index in [0.29, 0.717) is 10.6 Å². The van der Waals surface area contributed by atoms with Crippen molar-refractivity contribution in [3.63, 3.8) is 0 Å². The fourth-order valence-electron chi connectivity index (χ4n) is 1.68. The summed E-state index contributed by atoms with van der Waals surface area (Å²) in [6, 6.07) is 7.42. The molecule has 2 nitrogen and oxygen atoms in total. The summed E-state index contributed by atoms with van der Waals surface area (Å²) in [7, 11) is 0. The van der Waals surface area contributed by atoms with Gasteiger partial charge < -0.3 is 5.32 Å². The first-order valence-electron chi connectivity index (χ1n) is 6.21. The SMILES string of the molecule is CCCCCCCNc1ccc(C#N)cc1Cl. The second kappa shape index (κ2) is 7.97. The van der Waals surface area contributed by atoms with Crippen molar-refractivity contribution in [1.82, 2.24) is 0 Å². The van der Waals surface area contributed by atoms with Crippen LogP contribution in [-0.2, 0) is 0 Å². The Morgan fingerprint density at radius 3 is 2.65 bits per heavy atom. The molecule has 0 radical (unpaired) electrons. The largest absolute Gasteiger partial charge is 0.384 e. The maximum atomic E-state index is 8.72. The van der Waals surface area contributed by atoms with Crippen LogP contribution < -0.4 is 5.32 Å². The van der Waals surface area contributed by atoms with Crippen molar-refractivity contribution in [2.75, 3.05) is 11.9 Å². The summed E-state index contributed by atoms with van der Waals surface area (Å²) in [6.45, 7) is 3.16. The van der Waals surface area contributed by atoms with Crippen molar-refractivity contribution in [1.29, 1.82) is 5.26 Å². The Morgan fingerprint density at radius 2 is 2.00 bits per heavy atom. The third-order valence-electron chi connectivity index (χ3n) is 2.69. The van der Waals surface area contributed by atoms with Crippen molar-refractivity contribution < 1.29 is 0 Å². The van der Waals surface area contributed by atoms with Gasteiger partial charge in [0.1, 0.15) is 0 Å². The number of halogens is 1. The van der Waals surface area contributed by atoms with Crippen molar-refractivity contribution in [3.8, 4) is 6.07 Å². The number of hydrogen-bond donors (Lipinski definition) is 1. The molecule has 0 aliphatic carbocycles. The van der Waals surface area contributed by atoms with Gasteiger partial charge in [0, 0.05) is 6.54 Å². The lowest BCUT2D eigenvalue weighted by molar-refractivity contribution is 0.645. The van der Waals surface area contributed by atoms with Gasteiger partial charge in [-0.05, 0) is 24.6 Å². The van der Waals surface area contributed by atoms with Gasteiger partial charge in [0.25, 0.3) is 0 Å². The second-order valence-corrected chi connectivity index (χ2v) is 4.55. The fourth-order valence-corrected chi connectivity index (χ4v) is 1.93. The molecule has 0 spiro atoms. The van der Waals surface area contributed by atoms with Crippen LogP contribution in [0.15, 0.2) is 18.2 Å². The van der Waals surface area contributed by atoms with E-state index in [2.05, 4.69) is 18.3 Å². The molecule has 1 N–H and O–H groups in total. The average molecular weight is 251 g/mol. The molecule has 0 amide bonds. The molecule has 0 aliphatic heterocycles. The molecule has 1 aromatic rings. The first-order chi connectivity index (χ1) is 8.27. The van der Waals surface area contributed by atoms with Gasteiger partial charge in [0.2, 0.25) is 0 Å². The third kappa shape index (κ3) is 5.10. The molecule has 3 heteroatoms.